The van der Waals surface area contributed by atoms with Gasteiger partial charge in [0, 0.05) is 12.6 Å². The van der Waals surface area contributed by atoms with Crippen molar-refractivity contribution < 1.29 is 4.74 Å². The molecule has 1 fully saturated rings. The molecule has 2 atom stereocenters. The summed E-state index contributed by atoms with van der Waals surface area (Å²) >= 11 is 0. The zero-order valence-electron chi connectivity index (χ0n) is 11.2. The number of nitrogens with two attached hydrogens (primary N) is 1. The molecule has 0 aromatic heterocycles. The zero-order valence-corrected chi connectivity index (χ0v) is 11.2. The summed E-state index contributed by atoms with van der Waals surface area (Å²) in [7, 11) is 0. The Labute approximate surface area is 114 Å². The van der Waals surface area contributed by atoms with Crippen LogP contribution in [-0.2, 0) is 11.2 Å². The van der Waals surface area contributed by atoms with Gasteiger partial charge in [-0.3, -0.25) is 0 Å². The van der Waals surface area contributed by atoms with E-state index in [0.29, 0.717) is 5.92 Å². The minimum atomic E-state index is 0.200. The fourth-order valence-corrected chi connectivity index (χ4v) is 2.99. The number of hydrogen-bond donors (Lipinski definition) is 1. The van der Waals surface area contributed by atoms with Crippen LogP contribution in [0.2, 0.25) is 0 Å². The molecule has 2 aromatic carbocycles. The second-order valence-electron chi connectivity index (χ2n) is 5.48. The molecule has 100 valence electrons. The van der Waals surface area contributed by atoms with Crippen LogP contribution in [0.3, 0.4) is 0 Å². The van der Waals surface area contributed by atoms with Crippen LogP contribution in [0, 0.1) is 5.92 Å². The van der Waals surface area contributed by atoms with Gasteiger partial charge in [-0.15, -0.1) is 0 Å². The van der Waals surface area contributed by atoms with E-state index < -0.39 is 0 Å². The highest BCUT2D eigenvalue weighted by Crippen LogP contribution is 2.23. The van der Waals surface area contributed by atoms with Gasteiger partial charge in [0.1, 0.15) is 0 Å². The molecule has 1 saturated heterocycles. The lowest BCUT2D eigenvalue weighted by atomic mass is 9.88. The Kier molecular flexibility index (Phi) is 3.81. The lowest BCUT2D eigenvalue weighted by Crippen LogP contribution is -2.37. The summed E-state index contributed by atoms with van der Waals surface area (Å²) < 4.78 is 5.55. The highest BCUT2D eigenvalue weighted by Gasteiger charge is 2.21. The van der Waals surface area contributed by atoms with Gasteiger partial charge in [-0.2, -0.15) is 0 Å². The first-order chi connectivity index (χ1) is 9.34. The standard InChI is InChI=1S/C17H21NO/c18-17(15-8-4-10-19-12-15)11-14-7-3-6-13-5-1-2-9-16(13)14/h1-3,5-7,9,15,17H,4,8,10-12,18H2. The average molecular weight is 255 g/mol. The summed E-state index contributed by atoms with van der Waals surface area (Å²) in [6.45, 7) is 1.73. The minimum absolute atomic E-state index is 0.200. The van der Waals surface area contributed by atoms with Crippen LogP contribution >= 0.6 is 0 Å². The SMILES string of the molecule is NC(Cc1cccc2ccccc12)C1CCCOC1. The van der Waals surface area contributed by atoms with E-state index in [1.807, 2.05) is 0 Å². The summed E-state index contributed by atoms with van der Waals surface area (Å²) in [5.74, 6) is 0.507. The Bertz CT molecular complexity index is 540. The molecule has 3 rings (SSSR count). The van der Waals surface area contributed by atoms with Gasteiger partial charge in [0.2, 0.25) is 0 Å². The molecule has 2 unspecified atom stereocenters. The monoisotopic (exact) mass is 255 g/mol. The Hall–Kier alpha value is -1.38. The Morgan fingerprint density at radius 1 is 1.16 bits per heavy atom. The zero-order chi connectivity index (χ0) is 13.1. The number of hydrogen-bond acceptors (Lipinski definition) is 2. The van der Waals surface area contributed by atoms with Crippen molar-refractivity contribution in [2.24, 2.45) is 11.7 Å². The van der Waals surface area contributed by atoms with Gasteiger partial charge in [-0.05, 0) is 41.5 Å². The molecule has 2 N–H and O–H groups in total. The van der Waals surface area contributed by atoms with E-state index in [4.69, 9.17) is 10.5 Å². The molecular weight excluding hydrogens is 234 g/mol. The molecule has 1 aliphatic rings. The van der Waals surface area contributed by atoms with E-state index in [1.165, 1.54) is 22.8 Å². The van der Waals surface area contributed by atoms with Crippen molar-refractivity contribution in [3.05, 3.63) is 48.0 Å². The van der Waals surface area contributed by atoms with Crippen LogP contribution in [0.25, 0.3) is 10.8 Å². The second-order valence-corrected chi connectivity index (χ2v) is 5.48. The van der Waals surface area contributed by atoms with Crippen molar-refractivity contribution in [2.45, 2.75) is 25.3 Å². The van der Waals surface area contributed by atoms with Crippen molar-refractivity contribution in [3.8, 4) is 0 Å². The molecule has 0 saturated carbocycles. The topological polar surface area (TPSA) is 35.2 Å². The summed E-state index contributed by atoms with van der Waals surface area (Å²) in [6, 6.07) is 15.2. The summed E-state index contributed by atoms with van der Waals surface area (Å²) in [5, 5.41) is 2.63. The molecule has 2 heteroatoms. The number of ether oxygens (including phenoxy) is 1. The highest BCUT2D eigenvalue weighted by molar-refractivity contribution is 5.85. The lowest BCUT2D eigenvalue weighted by Gasteiger charge is -2.27. The van der Waals surface area contributed by atoms with Crippen molar-refractivity contribution in [1.29, 1.82) is 0 Å². The largest absolute Gasteiger partial charge is 0.381 e. The first kappa shape index (κ1) is 12.6. The van der Waals surface area contributed by atoms with E-state index in [2.05, 4.69) is 42.5 Å². The van der Waals surface area contributed by atoms with Crippen LogP contribution in [0.15, 0.2) is 42.5 Å². The van der Waals surface area contributed by atoms with E-state index in [0.717, 1.165) is 26.1 Å². The quantitative estimate of drug-likeness (QED) is 0.914. The van der Waals surface area contributed by atoms with Crippen molar-refractivity contribution in [3.63, 3.8) is 0 Å². The minimum Gasteiger partial charge on any atom is -0.381 e. The molecule has 0 bridgehead atoms. The molecule has 0 amide bonds. The van der Waals surface area contributed by atoms with Crippen LogP contribution in [0.5, 0.6) is 0 Å². The molecule has 1 aliphatic heterocycles. The fraction of sp³-hybridized carbons (Fsp3) is 0.412. The summed E-state index contributed by atoms with van der Waals surface area (Å²) in [5.41, 5.74) is 7.75. The molecular formula is C17H21NO. The number of benzene rings is 2. The van der Waals surface area contributed by atoms with Gasteiger partial charge < -0.3 is 10.5 Å². The van der Waals surface area contributed by atoms with Gasteiger partial charge in [-0.1, -0.05) is 42.5 Å². The number of rotatable bonds is 3. The van der Waals surface area contributed by atoms with Crippen molar-refractivity contribution in [1.82, 2.24) is 0 Å². The maximum absolute atomic E-state index is 6.39. The molecule has 0 radical (unpaired) electrons. The molecule has 2 aromatic rings. The van der Waals surface area contributed by atoms with Gasteiger partial charge in [0.05, 0.1) is 6.61 Å². The molecule has 2 nitrogen and oxygen atoms in total. The lowest BCUT2D eigenvalue weighted by molar-refractivity contribution is 0.0450. The Balaban J connectivity index is 1.80. The Morgan fingerprint density at radius 3 is 2.84 bits per heavy atom. The van der Waals surface area contributed by atoms with Gasteiger partial charge >= 0.3 is 0 Å². The van der Waals surface area contributed by atoms with Crippen LogP contribution in [0.1, 0.15) is 18.4 Å². The van der Waals surface area contributed by atoms with E-state index in [9.17, 15) is 0 Å². The first-order valence-electron chi connectivity index (χ1n) is 7.14. The normalized spacial score (nSPS) is 21.4. The van der Waals surface area contributed by atoms with Crippen LogP contribution in [0.4, 0.5) is 0 Å². The predicted octanol–water partition coefficient (Wildman–Crippen LogP) is 3.14. The molecule has 19 heavy (non-hydrogen) atoms. The smallest absolute Gasteiger partial charge is 0.0509 e. The Morgan fingerprint density at radius 2 is 2.00 bits per heavy atom. The summed E-state index contributed by atoms with van der Waals surface area (Å²) in [4.78, 5) is 0. The van der Waals surface area contributed by atoms with Crippen LogP contribution in [-0.4, -0.2) is 19.3 Å². The van der Waals surface area contributed by atoms with E-state index in [-0.39, 0.29) is 6.04 Å². The van der Waals surface area contributed by atoms with Gasteiger partial charge in [0.25, 0.3) is 0 Å². The fourth-order valence-electron chi connectivity index (χ4n) is 2.99. The molecule has 0 spiro atoms. The van der Waals surface area contributed by atoms with Crippen molar-refractivity contribution in [2.75, 3.05) is 13.2 Å². The second kappa shape index (κ2) is 5.72. The van der Waals surface area contributed by atoms with Gasteiger partial charge in [-0.25, -0.2) is 0 Å². The highest BCUT2D eigenvalue weighted by atomic mass is 16.5. The average Bonchev–Trinajstić information content (AvgIpc) is 2.48. The number of fused-ring (bicyclic) bond motifs is 1. The third-order valence-corrected chi connectivity index (χ3v) is 4.14. The third-order valence-electron chi connectivity index (χ3n) is 4.14. The van der Waals surface area contributed by atoms with E-state index >= 15 is 0 Å². The maximum Gasteiger partial charge on any atom is 0.0509 e. The predicted molar refractivity (Wildman–Crippen MR) is 79.2 cm³/mol. The summed E-state index contributed by atoms with van der Waals surface area (Å²) in [6.07, 6.45) is 3.29. The third kappa shape index (κ3) is 2.80. The first-order valence-corrected chi connectivity index (χ1v) is 7.14. The van der Waals surface area contributed by atoms with Crippen molar-refractivity contribution >= 4 is 10.8 Å². The molecule has 0 aliphatic carbocycles. The molecule has 1 heterocycles. The van der Waals surface area contributed by atoms with E-state index in [1.54, 1.807) is 0 Å². The van der Waals surface area contributed by atoms with Crippen LogP contribution < -0.4 is 5.73 Å². The maximum atomic E-state index is 6.39. The van der Waals surface area contributed by atoms with Gasteiger partial charge in [0.15, 0.2) is 0 Å².